The quantitative estimate of drug-likeness (QED) is 0.849. The van der Waals surface area contributed by atoms with Gasteiger partial charge in [-0.05, 0) is 64.1 Å². The van der Waals surface area contributed by atoms with Gasteiger partial charge < -0.3 is 5.32 Å². The fourth-order valence-electron chi connectivity index (χ4n) is 3.88. The fourth-order valence-corrected chi connectivity index (χ4v) is 3.88. The molecule has 1 heterocycles. The van der Waals surface area contributed by atoms with Crippen LogP contribution in [0.2, 0.25) is 0 Å². The lowest BCUT2D eigenvalue weighted by atomic mass is 9.81. The Balaban J connectivity index is 1.92. The normalized spacial score (nSPS) is 33.3. The van der Waals surface area contributed by atoms with Gasteiger partial charge in [0.15, 0.2) is 0 Å². The molecule has 0 aromatic carbocycles. The number of rotatable bonds is 4. The van der Waals surface area contributed by atoms with Crippen molar-refractivity contribution in [2.24, 2.45) is 11.8 Å². The van der Waals surface area contributed by atoms with Gasteiger partial charge in [-0.1, -0.05) is 13.8 Å². The molecule has 0 aromatic rings. The molecule has 2 aliphatic rings. The zero-order chi connectivity index (χ0) is 15.5. The minimum Gasteiger partial charge on any atom is -0.312 e. The molecular weight excluding hydrogens is 277 g/mol. The number of halogens is 3. The maximum atomic E-state index is 12.8. The van der Waals surface area contributed by atoms with Crippen molar-refractivity contribution >= 4 is 0 Å². The smallest absolute Gasteiger partial charge is 0.312 e. The molecule has 1 saturated heterocycles. The fraction of sp³-hybridized carbons (Fsp3) is 1.00. The van der Waals surface area contributed by atoms with Crippen molar-refractivity contribution in [2.75, 3.05) is 19.6 Å². The number of hydrogen-bond acceptors (Lipinski definition) is 2. The van der Waals surface area contributed by atoms with Gasteiger partial charge >= 0.3 is 6.18 Å². The van der Waals surface area contributed by atoms with E-state index in [-0.39, 0.29) is 12.8 Å². The second kappa shape index (κ2) is 7.32. The average molecular weight is 306 g/mol. The SMILES string of the molecule is CCCNC1CCC(C)CC1N1CCC(C(F)(F)F)CC1. The zero-order valence-corrected chi connectivity index (χ0v) is 13.3. The Morgan fingerprint density at radius 3 is 2.33 bits per heavy atom. The van der Waals surface area contributed by atoms with Crippen molar-refractivity contribution in [3.05, 3.63) is 0 Å². The van der Waals surface area contributed by atoms with Gasteiger partial charge in [-0.3, -0.25) is 4.90 Å². The molecule has 124 valence electrons. The van der Waals surface area contributed by atoms with Gasteiger partial charge in [-0.25, -0.2) is 0 Å². The Morgan fingerprint density at radius 2 is 1.76 bits per heavy atom. The molecule has 0 bridgehead atoms. The third kappa shape index (κ3) is 4.59. The highest BCUT2D eigenvalue weighted by Crippen LogP contribution is 2.36. The van der Waals surface area contributed by atoms with E-state index >= 15 is 0 Å². The number of hydrogen-bond donors (Lipinski definition) is 1. The first-order chi connectivity index (χ1) is 9.91. The first-order valence-corrected chi connectivity index (χ1v) is 8.46. The van der Waals surface area contributed by atoms with Gasteiger partial charge in [0.2, 0.25) is 0 Å². The van der Waals surface area contributed by atoms with E-state index in [1.807, 2.05) is 0 Å². The van der Waals surface area contributed by atoms with Gasteiger partial charge in [-0.15, -0.1) is 0 Å². The predicted octanol–water partition coefficient (Wildman–Crippen LogP) is 3.82. The minimum absolute atomic E-state index is 0.273. The Kier molecular flexibility index (Phi) is 5.95. The van der Waals surface area contributed by atoms with Crippen LogP contribution in [0.4, 0.5) is 13.2 Å². The van der Waals surface area contributed by atoms with Crippen molar-refractivity contribution in [1.82, 2.24) is 10.2 Å². The van der Waals surface area contributed by atoms with Crippen LogP contribution in [0.25, 0.3) is 0 Å². The van der Waals surface area contributed by atoms with Gasteiger partial charge in [0.25, 0.3) is 0 Å². The van der Waals surface area contributed by atoms with Crippen LogP contribution in [0.3, 0.4) is 0 Å². The molecular formula is C16H29F3N2. The van der Waals surface area contributed by atoms with E-state index in [0.29, 0.717) is 31.1 Å². The predicted molar refractivity (Wildman–Crippen MR) is 79.2 cm³/mol. The number of nitrogens with zero attached hydrogens (tertiary/aromatic N) is 1. The molecule has 0 aromatic heterocycles. The van der Waals surface area contributed by atoms with E-state index in [1.165, 1.54) is 6.42 Å². The summed E-state index contributed by atoms with van der Waals surface area (Å²) < 4.78 is 38.4. The average Bonchev–Trinajstić information content (AvgIpc) is 2.45. The van der Waals surface area contributed by atoms with Crippen molar-refractivity contribution in [2.45, 2.75) is 70.6 Å². The van der Waals surface area contributed by atoms with Crippen LogP contribution in [0.1, 0.15) is 52.4 Å². The van der Waals surface area contributed by atoms with Crippen LogP contribution in [0.5, 0.6) is 0 Å². The molecule has 1 aliphatic carbocycles. The molecule has 0 amide bonds. The highest BCUT2D eigenvalue weighted by atomic mass is 19.4. The van der Waals surface area contributed by atoms with E-state index in [1.54, 1.807) is 0 Å². The summed E-state index contributed by atoms with van der Waals surface area (Å²) in [5, 5.41) is 3.62. The van der Waals surface area contributed by atoms with Gasteiger partial charge in [0.1, 0.15) is 0 Å². The molecule has 1 aliphatic heterocycles. The third-order valence-electron chi connectivity index (χ3n) is 5.20. The Hall–Kier alpha value is -0.290. The highest BCUT2D eigenvalue weighted by Gasteiger charge is 2.43. The first kappa shape index (κ1) is 17.1. The molecule has 0 radical (unpaired) electrons. The topological polar surface area (TPSA) is 15.3 Å². The summed E-state index contributed by atoms with van der Waals surface area (Å²) in [6.07, 6.45) is 1.16. The van der Waals surface area contributed by atoms with E-state index in [0.717, 1.165) is 25.8 Å². The molecule has 1 saturated carbocycles. The van der Waals surface area contributed by atoms with Crippen molar-refractivity contribution in [3.63, 3.8) is 0 Å². The number of likely N-dealkylation sites (tertiary alicyclic amines) is 1. The highest BCUT2D eigenvalue weighted by molar-refractivity contribution is 4.92. The Bertz CT molecular complexity index is 309. The van der Waals surface area contributed by atoms with Crippen molar-refractivity contribution < 1.29 is 13.2 Å². The van der Waals surface area contributed by atoms with Crippen LogP contribution >= 0.6 is 0 Å². The molecule has 5 heteroatoms. The molecule has 2 nitrogen and oxygen atoms in total. The summed E-state index contributed by atoms with van der Waals surface area (Å²) in [6, 6.07) is 0.887. The molecule has 21 heavy (non-hydrogen) atoms. The second-order valence-electron chi connectivity index (χ2n) is 6.90. The maximum Gasteiger partial charge on any atom is 0.391 e. The van der Waals surface area contributed by atoms with Crippen LogP contribution in [0, 0.1) is 11.8 Å². The largest absolute Gasteiger partial charge is 0.391 e. The van der Waals surface area contributed by atoms with Crippen molar-refractivity contribution in [1.29, 1.82) is 0 Å². The number of alkyl halides is 3. The summed E-state index contributed by atoms with van der Waals surface area (Å²) in [4.78, 5) is 2.32. The summed E-state index contributed by atoms with van der Waals surface area (Å²) in [5.41, 5.74) is 0. The van der Waals surface area contributed by atoms with Gasteiger partial charge in [-0.2, -0.15) is 13.2 Å². The molecule has 2 rings (SSSR count). The molecule has 0 spiro atoms. The Labute approximate surface area is 126 Å². The van der Waals surface area contributed by atoms with Gasteiger partial charge in [0, 0.05) is 12.1 Å². The summed E-state index contributed by atoms with van der Waals surface area (Å²) in [6.45, 7) is 6.64. The second-order valence-corrected chi connectivity index (χ2v) is 6.90. The van der Waals surface area contributed by atoms with Crippen LogP contribution in [-0.2, 0) is 0 Å². The standard InChI is InChI=1S/C16H29F3N2/c1-3-8-20-14-5-4-12(2)11-15(14)21-9-6-13(7-10-21)16(17,18)19/h12-15,20H,3-11H2,1-2H3. The first-order valence-electron chi connectivity index (χ1n) is 8.46. The lowest BCUT2D eigenvalue weighted by Crippen LogP contribution is -2.55. The van der Waals surface area contributed by atoms with Crippen molar-refractivity contribution in [3.8, 4) is 0 Å². The van der Waals surface area contributed by atoms with E-state index < -0.39 is 12.1 Å². The van der Waals surface area contributed by atoms with E-state index in [2.05, 4.69) is 24.1 Å². The zero-order valence-electron chi connectivity index (χ0n) is 13.3. The third-order valence-corrected chi connectivity index (χ3v) is 5.20. The summed E-state index contributed by atoms with van der Waals surface area (Å²) in [7, 11) is 0. The van der Waals surface area contributed by atoms with Gasteiger partial charge in [0.05, 0.1) is 5.92 Å². The molecule has 1 N–H and O–H groups in total. The van der Waals surface area contributed by atoms with Crippen LogP contribution < -0.4 is 5.32 Å². The lowest BCUT2D eigenvalue weighted by molar-refractivity contribution is -0.186. The lowest BCUT2D eigenvalue weighted by Gasteiger charge is -2.45. The van der Waals surface area contributed by atoms with Crippen LogP contribution in [-0.4, -0.2) is 42.8 Å². The number of nitrogens with one attached hydrogen (secondary N) is 1. The summed E-state index contributed by atoms with van der Waals surface area (Å²) >= 11 is 0. The molecule has 3 unspecified atom stereocenters. The Morgan fingerprint density at radius 1 is 1.10 bits per heavy atom. The minimum atomic E-state index is -4.01. The molecule has 2 fully saturated rings. The monoisotopic (exact) mass is 306 g/mol. The van der Waals surface area contributed by atoms with E-state index in [4.69, 9.17) is 0 Å². The van der Waals surface area contributed by atoms with Crippen LogP contribution in [0.15, 0.2) is 0 Å². The maximum absolute atomic E-state index is 12.8. The molecule has 3 atom stereocenters. The number of piperidine rings is 1. The van der Waals surface area contributed by atoms with E-state index in [9.17, 15) is 13.2 Å². The summed E-state index contributed by atoms with van der Waals surface area (Å²) in [5.74, 6) is -0.396.